The molecule has 0 heterocycles. The minimum atomic E-state index is -1.31. The number of anilines is 4. The lowest BCUT2D eigenvalue weighted by Crippen LogP contribution is -2.34. The average Bonchev–Trinajstić information content (AvgIpc) is 3.28. The smallest absolute Gasteiger partial charge is 0.341 e. The third-order valence-corrected chi connectivity index (χ3v) is 8.48. The summed E-state index contributed by atoms with van der Waals surface area (Å²) in [5.41, 5.74) is 11.0. The highest BCUT2D eigenvalue weighted by molar-refractivity contribution is 6.06. The van der Waals surface area contributed by atoms with Crippen molar-refractivity contribution in [2.45, 2.75) is 0 Å². The van der Waals surface area contributed by atoms with Gasteiger partial charge in [-0.1, -0.05) is 0 Å². The predicted octanol–water partition coefficient (Wildman–Crippen LogP) is 0.277. The number of carbonyl (C=O) groups excluding carboxylic acids is 8. The molecular weight excluding hydrogens is 842 g/mol. The van der Waals surface area contributed by atoms with Crippen LogP contribution in [0.3, 0.4) is 0 Å². The molecule has 0 unspecified atom stereocenters. The maximum Gasteiger partial charge on any atom is 0.341 e. The van der Waals surface area contributed by atoms with Crippen LogP contribution in [-0.4, -0.2) is 112 Å². The van der Waals surface area contributed by atoms with E-state index in [0.717, 1.165) is 0 Å². The number of rotatable bonds is 21. The Kier molecular flexibility index (Phi) is 17.0. The van der Waals surface area contributed by atoms with Crippen LogP contribution < -0.4 is 67.6 Å². The van der Waals surface area contributed by atoms with Gasteiger partial charge in [-0.05, 0) is 72.8 Å². The zero-order chi connectivity index (χ0) is 46.9. The first-order valence-corrected chi connectivity index (χ1v) is 18.6. The average molecular weight is 886 g/mol. The molecule has 0 fully saturated rings. The summed E-state index contributed by atoms with van der Waals surface area (Å²) in [6, 6.07) is 16.2. The molecule has 0 aliphatic heterocycles. The Morgan fingerprint density at radius 3 is 1.12 bits per heavy atom. The largest absolute Gasteiger partial charge is 0.496 e. The fourth-order valence-electron chi connectivity index (χ4n) is 5.55. The fraction of sp³-hybridized carbons (Fsp3) is 0.195. The van der Waals surface area contributed by atoms with Crippen molar-refractivity contribution >= 4 is 76.0 Å². The van der Waals surface area contributed by atoms with Crippen LogP contribution in [-0.2, 0) is 24.0 Å². The molecule has 0 radical (unpaired) electrons. The van der Waals surface area contributed by atoms with E-state index in [1.54, 1.807) is 0 Å². The topological polar surface area (TPSA) is 347 Å². The van der Waals surface area contributed by atoms with Crippen LogP contribution in [0.1, 0.15) is 41.4 Å². The van der Waals surface area contributed by atoms with E-state index in [0.29, 0.717) is 0 Å². The maximum absolute atomic E-state index is 13.2. The number of methoxy groups -OCH3 is 3. The highest BCUT2D eigenvalue weighted by Crippen LogP contribution is 2.26. The van der Waals surface area contributed by atoms with E-state index in [1.807, 2.05) is 0 Å². The third-order valence-electron chi connectivity index (χ3n) is 8.48. The van der Waals surface area contributed by atoms with Crippen LogP contribution in [0.4, 0.5) is 22.7 Å². The second-order valence-electron chi connectivity index (χ2n) is 12.9. The van der Waals surface area contributed by atoms with Crippen LogP contribution in [0.25, 0.3) is 0 Å². The molecule has 0 aliphatic rings. The minimum absolute atomic E-state index is 0.0352. The quantitative estimate of drug-likeness (QED) is 0.0537. The number of ether oxygens (including phenoxy) is 4. The number of aliphatic carboxylic acids is 1. The van der Waals surface area contributed by atoms with Gasteiger partial charge >= 0.3 is 5.97 Å². The van der Waals surface area contributed by atoms with Crippen LogP contribution in [0.2, 0.25) is 0 Å². The zero-order valence-electron chi connectivity index (χ0n) is 34.4. The Balaban J connectivity index is 1.34. The standard InChI is InChI=1S/C41H43N9O14/c1-61-29-8-4-21(12-25(29)38(43)57)48-34(52)17-44-39(58)26-13-23(5-9-30(26)62-2)49-35(53)18-45-40(59)27-14-24(6-10-31(27)63-3)50-36(54)19-46-41(60)28-15-22(47-33(51)16-42)7-11-32(28)64-20-37(55)56/h4-15H,16-20,42H2,1-3H3,(H2,43,57)(H,44,58)(H,45,59)(H,46,60)(H,47,51)(H,48,52)(H,49,53)(H,50,54)(H,55,56). The Bertz CT molecular complexity index is 2480. The number of nitrogens with one attached hydrogen (secondary N) is 7. The van der Waals surface area contributed by atoms with Crippen molar-refractivity contribution in [3.05, 3.63) is 95.1 Å². The van der Waals surface area contributed by atoms with E-state index in [4.69, 9.17) is 35.5 Å². The van der Waals surface area contributed by atoms with E-state index >= 15 is 0 Å². The van der Waals surface area contributed by atoms with Gasteiger partial charge in [-0.2, -0.15) is 0 Å². The molecule has 64 heavy (non-hydrogen) atoms. The number of carboxylic acid groups (broad SMARTS) is 1. The highest BCUT2D eigenvalue weighted by atomic mass is 16.5. The summed E-state index contributed by atoms with van der Waals surface area (Å²) in [4.78, 5) is 112. The molecule has 0 aliphatic carbocycles. The van der Waals surface area contributed by atoms with Gasteiger partial charge in [-0.25, -0.2) is 4.79 Å². The molecule has 0 atom stereocenters. The first-order valence-electron chi connectivity index (χ1n) is 18.6. The molecule has 4 aromatic carbocycles. The summed E-state index contributed by atoms with van der Waals surface area (Å²) >= 11 is 0. The number of carbonyl (C=O) groups is 9. The van der Waals surface area contributed by atoms with E-state index < -0.39 is 79.5 Å². The molecule has 23 heteroatoms. The SMILES string of the molecule is COc1ccc(NC(=O)CNC(=O)c2cc(NC(=O)CNC(=O)c3cc(NC(=O)CNC(=O)c4cc(NC(=O)CN)ccc4OCC(=O)O)ccc3OC)ccc2OC)cc1C(N)=O. The molecular formula is C41H43N9O14. The number of benzene rings is 4. The Morgan fingerprint density at radius 1 is 0.484 bits per heavy atom. The van der Waals surface area contributed by atoms with Gasteiger partial charge in [0.05, 0.1) is 69.8 Å². The summed E-state index contributed by atoms with van der Waals surface area (Å²) in [5, 5.41) is 26.3. The van der Waals surface area contributed by atoms with Gasteiger partial charge in [-0.15, -0.1) is 0 Å². The van der Waals surface area contributed by atoms with E-state index in [2.05, 4.69) is 37.2 Å². The molecule has 23 nitrogen and oxygen atoms in total. The summed E-state index contributed by atoms with van der Waals surface area (Å²) in [6.45, 7) is -2.77. The fourth-order valence-corrected chi connectivity index (χ4v) is 5.55. The van der Waals surface area contributed by atoms with Crippen molar-refractivity contribution in [2.24, 2.45) is 11.5 Å². The lowest BCUT2D eigenvalue weighted by Gasteiger charge is -2.14. The molecule has 4 rings (SSSR count). The van der Waals surface area contributed by atoms with Gasteiger partial charge < -0.3 is 72.7 Å². The molecule has 8 amide bonds. The molecule has 0 bridgehead atoms. The number of hydrogen-bond acceptors (Lipinski definition) is 14. The lowest BCUT2D eigenvalue weighted by atomic mass is 10.1. The zero-order valence-corrected chi connectivity index (χ0v) is 34.4. The van der Waals surface area contributed by atoms with Gasteiger partial charge in [0.25, 0.3) is 23.6 Å². The van der Waals surface area contributed by atoms with E-state index in [-0.39, 0.29) is 74.5 Å². The Hall–Kier alpha value is -8.73. The number of carboxylic acids is 1. The molecule has 0 saturated carbocycles. The summed E-state index contributed by atoms with van der Waals surface area (Å²) in [6.07, 6.45) is 0. The molecule has 0 spiro atoms. The first-order chi connectivity index (χ1) is 30.5. The minimum Gasteiger partial charge on any atom is -0.496 e. The van der Waals surface area contributed by atoms with Crippen LogP contribution in [0.15, 0.2) is 72.8 Å². The Labute approximate surface area is 363 Å². The molecule has 4 aromatic rings. The lowest BCUT2D eigenvalue weighted by molar-refractivity contribution is -0.139. The van der Waals surface area contributed by atoms with E-state index in [1.165, 1.54) is 94.1 Å². The van der Waals surface area contributed by atoms with Crippen molar-refractivity contribution in [2.75, 3.05) is 75.4 Å². The van der Waals surface area contributed by atoms with Crippen LogP contribution in [0, 0.1) is 0 Å². The molecule has 0 saturated heterocycles. The third kappa shape index (κ3) is 13.6. The van der Waals surface area contributed by atoms with Gasteiger partial charge in [0, 0.05) is 22.7 Å². The van der Waals surface area contributed by atoms with E-state index in [9.17, 15) is 43.2 Å². The predicted molar refractivity (Wildman–Crippen MR) is 228 cm³/mol. The highest BCUT2D eigenvalue weighted by Gasteiger charge is 2.20. The number of nitrogens with two attached hydrogens (primary N) is 2. The number of amides is 8. The monoisotopic (exact) mass is 885 g/mol. The Morgan fingerprint density at radius 2 is 0.797 bits per heavy atom. The summed E-state index contributed by atoms with van der Waals surface area (Å²) < 4.78 is 20.8. The first kappa shape index (κ1) is 47.9. The molecule has 12 N–H and O–H groups in total. The van der Waals surface area contributed by atoms with Crippen molar-refractivity contribution in [3.63, 3.8) is 0 Å². The van der Waals surface area contributed by atoms with Crippen molar-refractivity contribution in [1.29, 1.82) is 0 Å². The van der Waals surface area contributed by atoms with Crippen LogP contribution in [0.5, 0.6) is 23.0 Å². The summed E-state index contributed by atoms with van der Waals surface area (Å²) in [5.74, 6) is -6.84. The second-order valence-corrected chi connectivity index (χ2v) is 12.9. The van der Waals surface area contributed by atoms with Crippen molar-refractivity contribution in [3.8, 4) is 23.0 Å². The van der Waals surface area contributed by atoms with Gasteiger partial charge in [-0.3, -0.25) is 38.4 Å². The van der Waals surface area contributed by atoms with Gasteiger partial charge in [0.2, 0.25) is 23.6 Å². The number of hydrogen-bond donors (Lipinski definition) is 10. The van der Waals surface area contributed by atoms with Gasteiger partial charge in [0.15, 0.2) is 6.61 Å². The summed E-state index contributed by atoms with van der Waals surface area (Å²) in [7, 11) is 3.96. The van der Waals surface area contributed by atoms with Gasteiger partial charge in [0.1, 0.15) is 23.0 Å². The van der Waals surface area contributed by atoms with Crippen molar-refractivity contribution in [1.82, 2.24) is 16.0 Å². The number of primary amides is 1. The molecule has 336 valence electrons. The van der Waals surface area contributed by atoms with Crippen LogP contribution >= 0.6 is 0 Å². The maximum atomic E-state index is 13.2. The van der Waals surface area contributed by atoms with Crippen molar-refractivity contribution < 1.29 is 67.2 Å². The second kappa shape index (κ2) is 22.8. The normalized spacial score (nSPS) is 10.2. The molecule has 0 aromatic heterocycles.